The Hall–Kier alpha value is -0.0800. The molecule has 0 radical (unpaired) electrons. The topological polar surface area (TPSA) is 32.3 Å². The van der Waals surface area contributed by atoms with Crippen molar-refractivity contribution in [1.29, 1.82) is 0 Å². The van der Waals surface area contributed by atoms with Crippen molar-refractivity contribution in [3.8, 4) is 0 Å². The zero-order valence-corrected chi connectivity index (χ0v) is 13.7. The lowest BCUT2D eigenvalue weighted by atomic mass is 9.95. The van der Waals surface area contributed by atoms with Crippen LogP contribution in [0.2, 0.25) is 0 Å². The monoisotopic (exact) mass is 283 g/mol. The molecule has 0 aromatic heterocycles. The molecule has 0 saturated heterocycles. The third-order valence-electron chi connectivity index (χ3n) is 4.64. The van der Waals surface area contributed by atoms with Gasteiger partial charge in [-0.2, -0.15) is 0 Å². The summed E-state index contributed by atoms with van der Waals surface area (Å²) in [6, 6.07) is 0.678. The molecular formula is C18H37NO. The minimum atomic E-state index is -0.128. The lowest BCUT2D eigenvalue weighted by molar-refractivity contribution is 0.150. The lowest BCUT2D eigenvalue weighted by Gasteiger charge is -2.24. The van der Waals surface area contributed by atoms with Gasteiger partial charge in [0.15, 0.2) is 0 Å². The average Bonchev–Trinajstić information content (AvgIpc) is 2.49. The van der Waals surface area contributed by atoms with E-state index in [0.717, 1.165) is 13.0 Å². The summed E-state index contributed by atoms with van der Waals surface area (Å²) >= 11 is 0. The summed E-state index contributed by atoms with van der Waals surface area (Å²) in [6.45, 7) is 3.07. The van der Waals surface area contributed by atoms with E-state index in [4.69, 9.17) is 0 Å². The molecule has 0 aromatic rings. The van der Waals surface area contributed by atoms with Crippen LogP contribution in [0.1, 0.15) is 96.8 Å². The standard InChI is InChI=1S/C18H37NO/c1-2-3-4-5-6-7-8-12-15-18(20)16-19-17-13-10-9-11-14-17/h17-20H,2-16H2,1H3. The van der Waals surface area contributed by atoms with Gasteiger partial charge >= 0.3 is 0 Å². The zero-order valence-electron chi connectivity index (χ0n) is 13.7. The molecule has 1 fully saturated rings. The Morgan fingerprint density at radius 3 is 2.15 bits per heavy atom. The van der Waals surface area contributed by atoms with Gasteiger partial charge in [0.1, 0.15) is 0 Å². The third-order valence-corrected chi connectivity index (χ3v) is 4.64. The number of nitrogens with one attached hydrogen (secondary N) is 1. The molecule has 20 heavy (non-hydrogen) atoms. The molecule has 0 amide bonds. The molecule has 1 atom stereocenters. The van der Waals surface area contributed by atoms with E-state index >= 15 is 0 Å². The van der Waals surface area contributed by atoms with Crippen LogP contribution in [0.4, 0.5) is 0 Å². The summed E-state index contributed by atoms with van der Waals surface area (Å²) in [5.74, 6) is 0. The molecule has 2 nitrogen and oxygen atoms in total. The molecule has 1 unspecified atom stereocenters. The van der Waals surface area contributed by atoms with E-state index in [-0.39, 0.29) is 6.10 Å². The SMILES string of the molecule is CCCCCCCCCCC(O)CNC1CCCCC1. The molecule has 0 bridgehead atoms. The first kappa shape index (κ1) is 18.0. The van der Waals surface area contributed by atoms with Gasteiger partial charge in [-0.05, 0) is 19.3 Å². The maximum Gasteiger partial charge on any atom is 0.0664 e. The Kier molecular flexibility index (Phi) is 11.4. The number of unbranched alkanes of at least 4 members (excludes halogenated alkanes) is 7. The normalized spacial score (nSPS) is 18.3. The van der Waals surface area contributed by atoms with Crippen LogP contribution >= 0.6 is 0 Å². The van der Waals surface area contributed by atoms with Gasteiger partial charge < -0.3 is 10.4 Å². The highest BCUT2D eigenvalue weighted by Gasteiger charge is 2.13. The van der Waals surface area contributed by atoms with Gasteiger partial charge in [0.25, 0.3) is 0 Å². The van der Waals surface area contributed by atoms with Crippen LogP contribution in [-0.4, -0.2) is 23.8 Å². The van der Waals surface area contributed by atoms with E-state index in [2.05, 4.69) is 12.2 Å². The molecular weight excluding hydrogens is 246 g/mol. The zero-order chi connectivity index (χ0) is 14.5. The first-order valence-electron chi connectivity index (χ1n) is 9.24. The van der Waals surface area contributed by atoms with E-state index in [1.807, 2.05) is 0 Å². The molecule has 0 spiro atoms. The predicted molar refractivity (Wildman–Crippen MR) is 88.1 cm³/mol. The number of rotatable bonds is 12. The Morgan fingerprint density at radius 2 is 1.50 bits per heavy atom. The first-order valence-corrected chi connectivity index (χ1v) is 9.24. The molecule has 2 N–H and O–H groups in total. The van der Waals surface area contributed by atoms with E-state index in [1.165, 1.54) is 83.5 Å². The van der Waals surface area contributed by atoms with Crippen LogP contribution in [0.15, 0.2) is 0 Å². The van der Waals surface area contributed by atoms with Crippen LogP contribution in [0.3, 0.4) is 0 Å². The van der Waals surface area contributed by atoms with Gasteiger partial charge in [-0.15, -0.1) is 0 Å². The fraction of sp³-hybridized carbons (Fsp3) is 1.00. The fourth-order valence-electron chi connectivity index (χ4n) is 3.23. The summed E-state index contributed by atoms with van der Waals surface area (Å²) in [6.07, 6.45) is 18.4. The summed E-state index contributed by atoms with van der Waals surface area (Å²) < 4.78 is 0. The van der Waals surface area contributed by atoms with E-state index < -0.39 is 0 Å². The first-order chi connectivity index (χ1) is 9.83. The molecule has 0 aromatic carbocycles. The van der Waals surface area contributed by atoms with Crippen molar-refractivity contribution in [1.82, 2.24) is 5.32 Å². The van der Waals surface area contributed by atoms with Crippen molar-refractivity contribution in [2.45, 2.75) is 109 Å². The highest BCUT2D eigenvalue weighted by Crippen LogP contribution is 2.17. The van der Waals surface area contributed by atoms with Crippen molar-refractivity contribution in [2.75, 3.05) is 6.54 Å². The molecule has 0 aliphatic heterocycles. The largest absolute Gasteiger partial charge is 0.392 e. The number of hydrogen-bond donors (Lipinski definition) is 2. The second-order valence-electron chi connectivity index (χ2n) is 6.66. The van der Waals surface area contributed by atoms with Crippen LogP contribution in [-0.2, 0) is 0 Å². The molecule has 2 heteroatoms. The smallest absolute Gasteiger partial charge is 0.0664 e. The molecule has 1 aliphatic carbocycles. The number of aliphatic hydroxyl groups is 1. The van der Waals surface area contributed by atoms with Crippen molar-refractivity contribution < 1.29 is 5.11 Å². The van der Waals surface area contributed by atoms with E-state index in [9.17, 15) is 5.11 Å². The molecule has 0 heterocycles. The third kappa shape index (κ3) is 9.77. The van der Waals surface area contributed by atoms with Gasteiger partial charge in [0.2, 0.25) is 0 Å². The van der Waals surface area contributed by atoms with Crippen LogP contribution in [0.25, 0.3) is 0 Å². The highest BCUT2D eigenvalue weighted by atomic mass is 16.3. The molecule has 120 valence electrons. The second-order valence-corrected chi connectivity index (χ2v) is 6.66. The van der Waals surface area contributed by atoms with Gasteiger partial charge in [-0.3, -0.25) is 0 Å². The minimum absolute atomic E-state index is 0.128. The van der Waals surface area contributed by atoms with Crippen LogP contribution < -0.4 is 5.32 Å². The fourth-order valence-corrected chi connectivity index (χ4v) is 3.23. The number of aliphatic hydroxyl groups excluding tert-OH is 1. The lowest BCUT2D eigenvalue weighted by Crippen LogP contribution is -2.36. The van der Waals surface area contributed by atoms with E-state index in [1.54, 1.807) is 0 Å². The minimum Gasteiger partial charge on any atom is -0.392 e. The molecule has 1 rings (SSSR count). The summed E-state index contributed by atoms with van der Waals surface area (Å²) in [5.41, 5.74) is 0. The highest BCUT2D eigenvalue weighted by molar-refractivity contribution is 4.73. The van der Waals surface area contributed by atoms with Crippen molar-refractivity contribution in [3.63, 3.8) is 0 Å². The average molecular weight is 284 g/mol. The van der Waals surface area contributed by atoms with Crippen molar-refractivity contribution >= 4 is 0 Å². The van der Waals surface area contributed by atoms with Crippen LogP contribution in [0, 0.1) is 0 Å². The maximum absolute atomic E-state index is 9.99. The van der Waals surface area contributed by atoms with Gasteiger partial charge in [-0.25, -0.2) is 0 Å². The van der Waals surface area contributed by atoms with Crippen LogP contribution in [0.5, 0.6) is 0 Å². The summed E-state index contributed by atoms with van der Waals surface area (Å²) in [5, 5.41) is 13.5. The molecule has 1 aliphatic rings. The Morgan fingerprint density at radius 1 is 0.900 bits per heavy atom. The van der Waals surface area contributed by atoms with Gasteiger partial charge in [0, 0.05) is 12.6 Å². The Labute approximate surface area is 126 Å². The molecule has 1 saturated carbocycles. The van der Waals surface area contributed by atoms with Crippen molar-refractivity contribution in [2.24, 2.45) is 0 Å². The number of hydrogen-bond acceptors (Lipinski definition) is 2. The van der Waals surface area contributed by atoms with Gasteiger partial charge in [-0.1, -0.05) is 77.6 Å². The Bertz CT molecular complexity index is 202. The summed E-state index contributed by atoms with van der Waals surface area (Å²) in [7, 11) is 0. The van der Waals surface area contributed by atoms with Gasteiger partial charge in [0.05, 0.1) is 6.10 Å². The van der Waals surface area contributed by atoms with E-state index in [0.29, 0.717) is 6.04 Å². The Balaban J connectivity index is 1.83. The quantitative estimate of drug-likeness (QED) is 0.504. The predicted octanol–water partition coefficient (Wildman–Crippen LogP) is 4.80. The summed E-state index contributed by atoms with van der Waals surface area (Å²) in [4.78, 5) is 0. The van der Waals surface area contributed by atoms with Crippen molar-refractivity contribution in [3.05, 3.63) is 0 Å². The maximum atomic E-state index is 9.99. The second kappa shape index (κ2) is 12.6.